The van der Waals surface area contributed by atoms with Crippen LogP contribution in [0.15, 0.2) is 24.3 Å². The van der Waals surface area contributed by atoms with Gasteiger partial charge in [0.05, 0.1) is 18.7 Å². The van der Waals surface area contributed by atoms with E-state index in [4.69, 9.17) is 14.6 Å². The molecule has 0 atom stereocenters. The molecule has 1 aliphatic heterocycles. The van der Waals surface area contributed by atoms with Crippen LogP contribution < -0.4 is 4.74 Å². The van der Waals surface area contributed by atoms with Crippen LogP contribution in [0.25, 0.3) is 10.9 Å². The predicted octanol–water partition coefficient (Wildman–Crippen LogP) is 1.11. The van der Waals surface area contributed by atoms with Crippen molar-refractivity contribution in [3.05, 3.63) is 30.0 Å². The first-order valence-corrected chi connectivity index (χ1v) is 5.49. The Morgan fingerprint density at radius 1 is 1.33 bits per heavy atom. The summed E-state index contributed by atoms with van der Waals surface area (Å²) in [5.74, 6) is -0.884. The van der Waals surface area contributed by atoms with Crippen LogP contribution >= 0.6 is 0 Å². The second-order valence-corrected chi connectivity index (χ2v) is 3.98. The maximum Gasteiger partial charge on any atom is 0.360 e. The number of aromatic carboxylic acids is 1. The van der Waals surface area contributed by atoms with Crippen molar-refractivity contribution in [1.29, 1.82) is 0 Å². The molecule has 1 aliphatic rings. The monoisotopic (exact) mass is 246 g/mol. The summed E-state index contributed by atoms with van der Waals surface area (Å²) in [6.45, 7) is 0.936. The lowest BCUT2D eigenvalue weighted by molar-refractivity contribution is -0.0795. The molecule has 0 amide bonds. The molecule has 1 N–H and O–H groups in total. The Kier molecular flexibility index (Phi) is 2.56. The molecule has 2 aromatic rings. The minimum absolute atomic E-state index is 0.115. The number of rotatable bonds is 3. The molecule has 3 rings (SSSR count). The van der Waals surface area contributed by atoms with Gasteiger partial charge in [-0.3, -0.25) is 0 Å². The number of hydrogen-bond acceptors (Lipinski definition) is 5. The highest BCUT2D eigenvalue weighted by Gasteiger charge is 2.25. The van der Waals surface area contributed by atoms with Gasteiger partial charge in [-0.25, -0.2) is 4.79 Å². The van der Waals surface area contributed by atoms with Crippen LogP contribution in [0.5, 0.6) is 5.75 Å². The fourth-order valence-electron chi connectivity index (χ4n) is 1.74. The van der Waals surface area contributed by atoms with Crippen molar-refractivity contribution in [1.82, 2.24) is 10.2 Å². The molecular formula is C12H10N2O4. The van der Waals surface area contributed by atoms with Crippen LogP contribution in [0.1, 0.15) is 10.5 Å². The smallest absolute Gasteiger partial charge is 0.360 e. The molecule has 0 spiro atoms. The third-order valence-electron chi connectivity index (χ3n) is 2.72. The molecule has 92 valence electrons. The Labute approximate surface area is 102 Å². The Morgan fingerprint density at radius 3 is 2.78 bits per heavy atom. The lowest BCUT2D eigenvalue weighted by atomic mass is 10.2. The van der Waals surface area contributed by atoms with Crippen molar-refractivity contribution in [2.75, 3.05) is 13.2 Å². The molecule has 18 heavy (non-hydrogen) atoms. The molecule has 0 aliphatic carbocycles. The number of carboxylic acid groups (broad SMARTS) is 1. The summed E-state index contributed by atoms with van der Waals surface area (Å²) in [5.41, 5.74) is 0.443. The fourth-order valence-corrected chi connectivity index (χ4v) is 1.74. The summed E-state index contributed by atoms with van der Waals surface area (Å²) in [6, 6.07) is 7.15. The first kappa shape index (κ1) is 10.9. The van der Waals surface area contributed by atoms with Crippen molar-refractivity contribution in [2.45, 2.75) is 6.10 Å². The number of aromatic nitrogens is 2. The average Bonchev–Trinajstić information content (AvgIpc) is 2.33. The van der Waals surface area contributed by atoms with Gasteiger partial charge in [0.1, 0.15) is 6.10 Å². The van der Waals surface area contributed by atoms with E-state index >= 15 is 0 Å². The molecule has 1 saturated heterocycles. The van der Waals surface area contributed by atoms with Crippen LogP contribution in [-0.4, -0.2) is 40.6 Å². The molecule has 0 radical (unpaired) electrons. The standard InChI is InChI=1S/C12H10N2O4/c15-12(16)10-11(18-7-5-17-6-7)8-3-1-2-4-9(8)13-14-10/h1-4,7H,5-6H2,(H,15,16). The van der Waals surface area contributed by atoms with E-state index < -0.39 is 5.97 Å². The van der Waals surface area contributed by atoms with Gasteiger partial charge in [-0.05, 0) is 12.1 Å². The SMILES string of the molecule is O=C(O)c1nnc2ccccc2c1OC1COC1. The van der Waals surface area contributed by atoms with Gasteiger partial charge >= 0.3 is 5.97 Å². The molecule has 0 saturated carbocycles. The highest BCUT2D eigenvalue weighted by atomic mass is 16.6. The van der Waals surface area contributed by atoms with Gasteiger partial charge < -0.3 is 14.6 Å². The minimum Gasteiger partial charge on any atom is -0.482 e. The first-order chi connectivity index (χ1) is 8.75. The Hall–Kier alpha value is -2.21. The van der Waals surface area contributed by atoms with Crippen LogP contribution in [-0.2, 0) is 4.74 Å². The number of ether oxygens (including phenoxy) is 2. The zero-order valence-electron chi connectivity index (χ0n) is 9.37. The highest BCUT2D eigenvalue weighted by molar-refractivity contribution is 5.96. The topological polar surface area (TPSA) is 81.5 Å². The van der Waals surface area contributed by atoms with Crippen molar-refractivity contribution >= 4 is 16.9 Å². The van der Waals surface area contributed by atoms with Gasteiger partial charge in [0.2, 0.25) is 5.69 Å². The number of fused-ring (bicyclic) bond motifs is 1. The average molecular weight is 246 g/mol. The zero-order chi connectivity index (χ0) is 12.5. The van der Waals surface area contributed by atoms with Gasteiger partial charge in [-0.1, -0.05) is 12.1 Å². The number of hydrogen-bond donors (Lipinski definition) is 1. The Bertz CT molecular complexity index is 610. The molecular weight excluding hydrogens is 236 g/mol. The summed E-state index contributed by atoms with van der Waals surface area (Å²) >= 11 is 0. The van der Waals surface area contributed by atoms with E-state index in [2.05, 4.69) is 10.2 Å². The van der Waals surface area contributed by atoms with E-state index in [1.54, 1.807) is 18.2 Å². The first-order valence-electron chi connectivity index (χ1n) is 5.49. The fraction of sp³-hybridized carbons (Fsp3) is 0.250. The second kappa shape index (κ2) is 4.23. The quantitative estimate of drug-likeness (QED) is 0.873. The minimum atomic E-state index is -1.15. The van der Waals surface area contributed by atoms with Gasteiger partial charge in [0.15, 0.2) is 5.75 Å². The number of carbonyl (C=O) groups is 1. The van der Waals surface area contributed by atoms with Gasteiger partial charge in [0, 0.05) is 5.39 Å². The van der Waals surface area contributed by atoms with E-state index in [0.717, 1.165) is 0 Å². The lowest BCUT2D eigenvalue weighted by Gasteiger charge is -2.27. The van der Waals surface area contributed by atoms with Crippen LogP contribution in [0.3, 0.4) is 0 Å². The summed E-state index contributed by atoms with van der Waals surface area (Å²) in [4.78, 5) is 11.1. The summed E-state index contributed by atoms with van der Waals surface area (Å²) in [7, 11) is 0. The molecule has 1 aromatic heterocycles. The molecule has 1 fully saturated rings. The molecule has 2 heterocycles. The predicted molar refractivity (Wildman–Crippen MR) is 61.7 cm³/mol. The summed E-state index contributed by atoms with van der Waals surface area (Å²) in [5, 5.41) is 17.3. The highest BCUT2D eigenvalue weighted by Crippen LogP contribution is 2.28. The lowest BCUT2D eigenvalue weighted by Crippen LogP contribution is -2.39. The molecule has 0 unspecified atom stereocenters. The van der Waals surface area contributed by atoms with E-state index in [1.165, 1.54) is 0 Å². The number of benzene rings is 1. The van der Waals surface area contributed by atoms with Crippen LogP contribution in [0.4, 0.5) is 0 Å². The number of nitrogens with zero attached hydrogens (tertiary/aromatic N) is 2. The van der Waals surface area contributed by atoms with E-state index in [1.807, 2.05) is 6.07 Å². The van der Waals surface area contributed by atoms with Crippen LogP contribution in [0, 0.1) is 0 Å². The second-order valence-electron chi connectivity index (χ2n) is 3.98. The van der Waals surface area contributed by atoms with Crippen LogP contribution in [0.2, 0.25) is 0 Å². The van der Waals surface area contributed by atoms with E-state index in [-0.39, 0.29) is 17.5 Å². The third-order valence-corrected chi connectivity index (χ3v) is 2.72. The Balaban J connectivity index is 2.14. The van der Waals surface area contributed by atoms with Crippen molar-refractivity contribution < 1.29 is 19.4 Å². The van der Waals surface area contributed by atoms with Crippen molar-refractivity contribution in [3.8, 4) is 5.75 Å². The molecule has 6 nitrogen and oxygen atoms in total. The van der Waals surface area contributed by atoms with Gasteiger partial charge in [0.25, 0.3) is 0 Å². The summed E-state index contributed by atoms with van der Waals surface area (Å²) in [6.07, 6.45) is -0.115. The molecule has 0 bridgehead atoms. The normalized spacial score (nSPS) is 15.3. The third kappa shape index (κ3) is 1.76. The zero-order valence-corrected chi connectivity index (χ0v) is 9.37. The maximum absolute atomic E-state index is 11.1. The number of carboxylic acids is 1. The summed E-state index contributed by atoms with van der Waals surface area (Å²) < 4.78 is 10.7. The van der Waals surface area contributed by atoms with Crippen molar-refractivity contribution in [3.63, 3.8) is 0 Å². The van der Waals surface area contributed by atoms with E-state index in [0.29, 0.717) is 24.1 Å². The van der Waals surface area contributed by atoms with E-state index in [9.17, 15) is 4.79 Å². The molecule has 6 heteroatoms. The van der Waals surface area contributed by atoms with Crippen molar-refractivity contribution in [2.24, 2.45) is 0 Å². The maximum atomic E-state index is 11.1. The Morgan fingerprint density at radius 2 is 2.11 bits per heavy atom. The van der Waals surface area contributed by atoms with Gasteiger partial charge in [-0.15, -0.1) is 10.2 Å². The van der Waals surface area contributed by atoms with Gasteiger partial charge in [-0.2, -0.15) is 0 Å². The molecule has 1 aromatic carbocycles. The largest absolute Gasteiger partial charge is 0.482 e.